The Labute approximate surface area is 262 Å². The highest BCUT2D eigenvalue weighted by Crippen LogP contribution is 2.66. The Balaban J connectivity index is 1.36. The molecule has 0 radical (unpaired) electrons. The lowest BCUT2D eigenvalue weighted by atomic mass is 9.80. The first kappa shape index (κ1) is 24.7. The van der Waals surface area contributed by atoms with Crippen molar-refractivity contribution in [2.45, 2.75) is 19.3 Å². The van der Waals surface area contributed by atoms with Gasteiger partial charge in [-0.25, -0.2) is 0 Å². The van der Waals surface area contributed by atoms with Crippen molar-refractivity contribution in [3.63, 3.8) is 0 Å². The summed E-state index contributed by atoms with van der Waals surface area (Å²) in [7, 11) is 0. The predicted octanol–water partition coefficient (Wildman–Crippen LogP) is 11.8. The number of rotatable bonds is 2. The molecule has 7 aromatic rings. The normalized spacial score (nSPS) is 14.9. The highest BCUT2D eigenvalue weighted by atomic mass is 16.4. The van der Waals surface area contributed by atoms with Crippen molar-refractivity contribution in [2.24, 2.45) is 0 Å². The summed E-state index contributed by atoms with van der Waals surface area (Å²) in [6, 6.07) is 50.0. The van der Waals surface area contributed by atoms with E-state index in [9.17, 15) is 0 Å². The molecule has 4 heteroatoms. The Bertz CT molecular complexity index is 2320. The minimum Gasteiger partial charge on any atom is -0.437 e. The van der Waals surface area contributed by atoms with E-state index < -0.39 is 0 Å². The molecular formula is C41H29N3O. The summed E-state index contributed by atoms with van der Waals surface area (Å²) in [5.41, 5.74) is 14.9. The monoisotopic (exact) mass is 579 g/mol. The summed E-state index contributed by atoms with van der Waals surface area (Å²) in [6.45, 7) is 4.71. The minimum atomic E-state index is -0.203. The fourth-order valence-corrected chi connectivity index (χ4v) is 8.03. The van der Waals surface area contributed by atoms with E-state index in [4.69, 9.17) is 4.42 Å². The van der Waals surface area contributed by atoms with Crippen molar-refractivity contribution in [1.82, 2.24) is 0 Å². The number of nitrogens with zero attached hydrogens (tertiary/aromatic N) is 3. The molecule has 0 fully saturated rings. The van der Waals surface area contributed by atoms with E-state index in [1.807, 2.05) is 0 Å². The van der Waals surface area contributed by atoms with Crippen LogP contribution in [0.25, 0.3) is 22.1 Å². The van der Waals surface area contributed by atoms with Gasteiger partial charge in [-0.1, -0.05) is 98.8 Å². The molecule has 4 nitrogen and oxygen atoms in total. The standard InChI is InChI=1S/C41H29N3O/c1-41(2)30-19-10-9-18-28(30)29-24-25-35-36(37(29)41)39-40(45-35)43(27-16-7-4-8-17-27)34-23-13-22-33-38(34)44(39)32-21-12-11-20-31(32)42(33)26-14-5-3-6-15-26/h3-25H,1-2H3. The van der Waals surface area contributed by atoms with E-state index in [0.29, 0.717) is 0 Å². The Morgan fingerprint density at radius 1 is 0.467 bits per heavy atom. The van der Waals surface area contributed by atoms with Crippen LogP contribution in [-0.2, 0) is 5.41 Å². The fourth-order valence-electron chi connectivity index (χ4n) is 8.03. The molecule has 0 N–H and O–H groups in total. The fraction of sp³-hybridized carbons (Fsp3) is 0.0732. The van der Waals surface area contributed by atoms with E-state index in [1.165, 1.54) is 27.6 Å². The van der Waals surface area contributed by atoms with Crippen LogP contribution < -0.4 is 14.7 Å². The Kier molecular flexibility index (Phi) is 4.76. The van der Waals surface area contributed by atoms with Crippen molar-refractivity contribution >= 4 is 62.4 Å². The quantitative estimate of drug-likeness (QED) is 0.203. The van der Waals surface area contributed by atoms with Crippen molar-refractivity contribution < 1.29 is 4.42 Å². The van der Waals surface area contributed by atoms with E-state index in [0.717, 1.165) is 57.0 Å². The first-order valence-corrected chi connectivity index (χ1v) is 15.6. The number of hydrogen-bond donors (Lipinski definition) is 0. The summed E-state index contributed by atoms with van der Waals surface area (Å²) in [5, 5.41) is 1.17. The molecule has 6 aromatic carbocycles. The molecule has 0 spiro atoms. The molecular weight excluding hydrogens is 550 g/mol. The van der Waals surface area contributed by atoms with Crippen LogP contribution in [0.4, 0.5) is 51.4 Å². The zero-order valence-electron chi connectivity index (χ0n) is 25.0. The summed E-state index contributed by atoms with van der Waals surface area (Å²) < 4.78 is 7.03. The lowest BCUT2D eigenvalue weighted by molar-refractivity contribution is 0.618. The van der Waals surface area contributed by atoms with Crippen molar-refractivity contribution in [2.75, 3.05) is 14.7 Å². The largest absolute Gasteiger partial charge is 0.437 e. The maximum absolute atomic E-state index is 7.03. The van der Waals surface area contributed by atoms with Gasteiger partial charge in [0.25, 0.3) is 0 Å². The molecule has 0 amide bonds. The predicted molar refractivity (Wildman–Crippen MR) is 185 cm³/mol. The second-order valence-electron chi connectivity index (χ2n) is 12.6. The van der Waals surface area contributed by atoms with Gasteiger partial charge in [0.2, 0.25) is 5.88 Å². The summed E-state index contributed by atoms with van der Waals surface area (Å²) in [6.07, 6.45) is 0. The summed E-state index contributed by atoms with van der Waals surface area (Å²) >= 11 is 0. The third kappa shape index (κ3) is 3.11. The summed E-state index contributed by atoms with van der Waals surface area (Å²) in [5.74, 6) is 0.837. The molecule has 2 aliphatic heterocycles. The molecule has 1 aromatic heterocycles. The lowest BCUT2D eigenvalue weighted by Gasteiger charge is -2.45. The van der Waals surface area contributed by atoms with Gasteiger partial charge < -0.3 is 9.32 Å². The number of fused-ring (bicyclic) bond motifs is 10. The Morgan fingerprint density at radius 3 is 1.78 bits per heavy atom. The van der Waals surface area contributed by atoms with Gasteiger partial charge in [-0.15, -0.1) is 0 Å². The number of benzene rings is 6. The Morgan fingerprint density at radius 2 is 1.04 bits per heavy atom. The maximum atomic E-state index is 7.03. The minimum absolute atomic E-state index is 0.203. The molecule has 3 aliphatic rings. The number of hydrogen-bond acceptors (Lipinski definition) is 4. The number of anilines is 9. The van der Waals surface area contributed by atoms with Crippen LogP contribution in [0.1, 0.15) is 25.0 Å². The van der Waals surface area contributed by atoms with Gasteiger partial charge in [-0.2, -0.15) is 0 Å². The molecule has 0 saturated heterocycles. The molecule has 3 heterocycles. The topological polar surface area (TPSA) is 22.9 Å². The Hall–Kier alpha value is -5.74. The van der Waals surface area contributed by atoms with E-state index in [2.05, 4.69) is 168 Å². The van der Waals surface area contributed by atoms with Crippen molar-refractivity contribution in [1.29, 1.82) is 0 Å². The van der Waals surface area contributed by atoms with Gasteiger partial charge in [-0.05, 0) is 76.9 Å². The van der Waals surface area contributed by atoms with Crippen molar-refractivity contribution in [3.05, 3.63) is 151 Å². The van der Waals surface area contributed by atoms with Crippen LogP contribution in [0, 0.1) is 0 Å². The van der Waals surface area contributed by atoms with Gasteiger partial charge in [0.1, 0.15) is 11.3 Å². The summed E-state index contributed by atoms with van der Waals surface area (Å²) in [4.78, 5) is 7.17. The van der Waals surface area contributed by atoms with Crippen LogP contribution in [0.5, 0.6) is 0 Å². The highest BCUT2D eigenvalue weighted by molar-refractivity contribution is 6.18. The van der Waals surface area contributed by atoms with Crippen LogP contribution in [-0.4, -0.2) is 0 Å². The first-order chi connectivity index (χ1) is 22.1. The number of furan rings is 1. The molecule has 0 atom stereocenters. The first-order valence-electron chi connectivity index (χ1n) is 15.6. The zero-order valence-corrected chi connectivity index (χ0v) is 25.0. The molecule has 0 saturated carbocycles. The highest BCUT2D eigenvalue weighted by Gasteiger charge is 2.45. The third-order valence-electron chi connectivity index (χ3n) is 9.85. The van der Waals surface area contributed by atoms with Crippen molar-refractivity contribution in [3.8, 4) is 11.1 Å². The molecule has 10 rings (SSSR count). The van der Waals surface area contributed by atoms with Crippen LogP contribution >= 0.6 is 0 Å². The molecule has 1 aliphatic carbocycles. The molecule has 0 unspecified atom stereocenters. The third-order valence-corrected chi connectivity index (χ3v) is 9.85. The van der Waals surface area contributed by atoms with Crippen LogP contribution in [0.15, 0.2) is 144 Å². The SMILES string of the molecule is CC1(C)c2ccccc2-c2ccc3oc4c(c3c21)N1c2ccccc2N(c2ccccc2)c2cccc(c21)N4c1ccccc1. The lowest BCUT2D eigenvalue weighted by Crippen LogP contribution is -2.30. The van der Waals surface area contributed by atoms with Crippen LogP contribution in [0.2, 0.25) is 0 Å². The van der Waals surface area contributed by atoms with Gasteiger partial charge in [0, 0.05) is 16.8 Å². The number of para-hydroxylation sites is 5. The maximum Gasteiger partial charge on any atom is 0.230 e. The zero-order chi connectivity index (χ0) is 29.9. The van der Waals surface area contributed by atoms with Gasteiger partial charge in [-0.3, -0.25) is 9.80 Å². The van der Waals surface area contributed by atoms with Crippen LogP contribution in [0.3, 0.4) is 0 Å². The van der Waals surface area contributed by atoms with Gasteiger partial charge in [0.05, 0.1) is 33.8 Å². The second-order valence-corrected chi connectivity index (χ2v) is 12.6. The smallest absolute Gasteiger partial charge is 0.230 e. The molecule has 0 bridgehead atoms. The average Bonchev–Trinajstić information content (AvgIpc) is 3.57. The van der Waals surface area contributed by atoms with Gasteiger partial charge >= 0.3 is 0 Å². The van der Waals surface area contributed by atoms with E-state index in [-0.39, 0.29) is 5.41 Å². The second kappa shape index (κ2) is 8.67. The average molecular weight is 580 g/mol. The van der Waals surface area contributed by atoms with E-state index >= 15 is 0 Å². The molecule has 214 valence electrons. The van der Waals surface area contributed by atoms with E-state index in [1.54, 1.807) is 0 Å². The van der Waals surface area contributed by atoms with Gasteiger partial charge in [0.15, 0.2) is 0 Å². The molecule has 45 heavy (non-hydrogen) atoms.